The zero-order chi connectivity index (χ0) is 26.5. The molecule has 4 aromatic rings. The molecule has 0 unspecified atom stereocenters. The number of amides is 1. The Morgan fingerprint density at radius 3 is 2.74 bits per heavy atom. The van der Waals surface area contributed by atoms with Crippen LogP contribution in [-0.2, 0) is 20.9 Å². The van der Waals surface area contributed by atoms with Crippen LogP contribution in [0.25, 0.3) is 22.1 Å². The van der Waals surface area contributed by atoms with Gasteiger partial charge in [-0.25, -0.2) is 0 Å². The van der Waals surface area contributed by atoms with Gasteiger partial charge in [-0.05, 0) is 24.6 Å². The van der Waals surface area contributed by atoms with Gasteiger partial charge in [-0.15, -0.1) is 15.3 Å². The van der Waals surface area contributed by atoms with E-state index in [0.717, 1.165) is 17.2 Å². The highest BCUT2D eigenvalue weighted by Crippen LogP contribution is 2.27. The molecule has 3 aromatic heterocycles. The number of pyridine rings is 1. The molecule has 0 saturated carbocycles. The van der Waals surface area contributed by atoms with Gasteiger partial charge in [0.15, 0.2) is 11.4 Å². The number of fused-ring (bicyclic) bond motifs is 3. The van der Waals surface area contributed by atoms with E-state index in [-0.39, 0.29) is 36.4 Å². The van der Waals surface area contributed by atoms with Gasteiger partial charge in [0.05, 0.1) is 23.6 Å². The van der Waals surface area contributed by atoms with Crippen molar-refractivity contribution in [3.05, 3.63) is 65.8 Å². The van der Waals surface area contributed by atoms with E-state index in [4.69, 9.17) is 19.9 Å². The summed E-state index contributed by atoms with van der Waals surface area (Å²) in [7, 11) is 1.43. The molecule has 1 aliphatic heterocycles. The average molecular weight is 518 g/mol. The molecule has 1 aliphatic rings. The highest BCUT2D eigenvalue weighted by atomic mass is 16.5. The maximum atomic E-state index is 12.8. The van der Waals surface area contributed by atoms with Crippen LogP contribution in [0.4, 0.5) is 0 Å². The Labute approximate surface area is 218 Å². The van der Waals surface area contributed by atoms with Crippen molar-refractivity contribution in [3.8, 4) is 5.88 Å². The summed E-state index contributed by atoms with van der Waals surface area (Å²) in [5.74, 6) is 0.149. The third-order valence-electron chi connectivity index (χ3n) is 6.03. The first kappa shape index (κ1) is 25.2. The van der Waals surface area contributed by atoms with Crippen LogP contribution in [0.15, 0.2) is 48.7 Å². The van der Waals surface area contributed by atoms with Crippen LogP contribution in [0.5, 0.6) is 5.88 Å². The van der Waals surface area contributed by atoms with E-state index >= 15 is 0 Å². The quantitative estimate of drug-likeness (QED) is 0.342. The van der Waals surface area contributed by atoms with Crippen molar-refractivity contribution in [1.82, 2.24) is 29.7 Å². The molecule has 0 atom stereocenters. The predicted octanol–water partition coefficient (Wildman–Crippen LogP) is 1.63. The molecular weight excluding hydrogens is 490 g/mol. The first-order valence-electron chi connectivity index (χ1n) is 12.1. The molecule has 0 spiro atoms. The van der Waals surface area contributed by atoms with E-state index in [0.29, 0.717) is 49.1 Å². The Bertz CT molecular complexity index is 1490. The largest absolute Gasteiger partial charge is 0.470 e. The van der Waals surface area contributed by atoms with Crippen molar-refractivity contribution in [2.24, 2.45) is 5.73 Å². The zero-order valence-corrected chi connectivity index (χ0v) is 20.9. The average Bonchev–Trinajstić information content (AvgIpc) is 3.17. The minimum absolute atomic E-state index is 0.0663. The number of benzene rings is 1. The lowest BCUT2D eigenvalue weighted by Crippen LogP contribution is -2.33. The Morgan fingerprint density at radius 1 is 1.11 bits per heavy atom. The minimum atomic E-state index is -0.309. The Morgan fingerprint density at radius 2 is 1.95 bits per heavy atom. The molecule has 0 aliphatic carbocycles. The number of nitrogens with zero attached hydrogens (tertiary/aromatic N) is 6. The van der Waals surface area contributed by atoms with Crippen molar-refractivity contribution in [2.75, 3.05) is 40.0 Å². The number of carbonyl (C=O) groups is 2. The molecule has 0 bridgehead atoms. The minimum Gasteiger partial charge on any atom is -0.470 e. The molecular formula is C26H27N7O5. The van der Waals surface area contributed by atoms with Crippen LogP contribution in [0, 0.1) is 0 Å². The number of carbonyl (C=O) groups excluding carboxylic acids is 2. The van der Waals surface area contributed by atoms with Gasteiger partial charge in [0.1, 0.15) is 13.2 Å². The molecule has 1 aromatic carbocycles. The molecule has 12 heteroatoms. The summed E-state index contributed by atoms with van der Waals surface area (Å²) in [4.78, 5) is 31.0. The fourth-order valence-electron chi connectivity index (χ4n) is 4.17. The molecule has 4 heterocycles. The topological polar surface area (TPSA) is 147 Å². The molecule has 38 heavy (non-hydrogen) atoms. The molecule has 196 valence electrons. The molecule has 1 fully saturated rings. The van der Waals surface area contributed by atoms with Crippen molar-refractivity contribution in [2.45, 2.75) is 13.0 Å². The molecule has 0 radical (unpaired) electrons. The lowest BCUT2D eigenvalue weighted by molar-refractivity contribution is -0.117. The Balaban J connectivity index is 1.39. The number of methoxy groups -OCH3 is 1. The summed E-state index contributed by atoms with van der Waals surface area (Å²) >= 11 is 0. The lowest BCUT2D eigenvalue weighted by Gasteiger charge is -2.19. The summed E-state index contributed by atoms with van der Waals surface area (Å²) in [5, 5.41) is 14.4. The summed E-state index contributed by atoms with van der Waals surface area (Å²) in [6.45, 7) is 2.44. The summed E-state index contributed by atoms with van der Waals surface area (Å²) < 4.78 is 17.8. The predicted molar refractivity (Wildman–Crippen MR) is 137 cm³/mol. The zero-order valence-electron chi connectivity index (χ0n) is 20.9. The van der Waals surface area contributed by atoms with Crippen LogP contribution in [0.1, 0.15) is 28.3 Å². The number of ketones is 1. The smallest absolute Gasteiger partial charge is 0.255 e. The van der Waals surface area contributed by atoms with E-state index in [1.165, 1.54) is 17.7 Å². The fraction of sp³-hybridized carbons (Fsp3) is 0.308. The highest BCUT2D eigenvalue weighted by Gasteiger charge is 2.19. The van der Waals surface area contributed by atoms with Crippen molar-refractivity contribution < 1.29 is 23.8 Å². The second-order valence-corrected chi connectivity index (χ2v) is 8.69. The second-order valence-electron chi connectivity index (χ2n) is 8.69. The normalized spacial score (nSPS) is 14.6. The number of nitrogens with two attached hydrogens (primary N) is 1. The van der Waals surface area contributed by atoms with Crippen LogP contribution in [-0.4, -0.2) is 81.4 Å². The first-order valence-corrected chi connectivity index (χ1v) is 12.1. The first-order chi connectivity index (χ1) is 18.5. The third-order valence-corrected chi connectivity index (χ3v) is 6.03. The molecule has 2 N–H and O–H groups in total. The van der Waals surface area contributed by atoms with Gasteiger partial charge in [-0.3, -0.25) is 14.6 Å². The number of ether oxygens (including phenoxy) is 3. The van der Waals surface area contributed by atoms with E-state index in [1.54, 1.807) is 23.2 Å². The van der Waals surface area contributed by atoms with Gasteiger partial charge in [0.25, 0.3) is 5.91 Å². The van der Waals surface area contributed by atoms with Gasteiger partial charge in [-0.1, -0.05) is 18.2 Å². The third kappa shape index (κ3) is 5.31. The van der Waals surface area contributed by atoms with E-state index in [1.807, 2.05) is 24.3 Å². The summed E-state index contributed by atoms with van der Waals surface area (Å²) in [5.41, 5.74) is 7.84. The SMILES string of the molecule is COCC(=O)C=C(N)c1nnc2c3ccccc3c(OCc3ccc(C(=O)N4CCCOCC4)cn3)nn12. The standard InChI is InChI=1S/C26H27N7O5/c1-36-16-19(34)13-22(27)24-30-29-23-20-5-2-3-6-21(20)25(31-33(23)24)38-15-18-8-7-17(14-28-18)26(35)32-9-4-11-37-12-10-32/h2-3,5-8,13-14H,4,9-12,15-16,27H2,1H3. The molecule has 5 rings (SSSR count). The van der Waals surface area contributed by atoms with E-state index in [2.05, 4.69) is 20.3 Å². The maximum absolute atomic E-state index is 12.8. The maximum Gasteiger partial charge on any atom is 0.255 e. The number of aromatic nitrogens is 5. The highest BCUT2D eigenvalue weighted by molar-refractivity contribution is 5.98. The van der Waals surface area contributed by atoms with Crippen LogP contribution >= 0.6 is 0 Å². The fourth-order valence-corrected chi connectivity index (χ4v) is 4.17. The van der Waals surface area contributed by atoms with Crippen LogP contribution < -0.4 is 10.5 Å². The Kier molecular flexibility index (Phi) is 7.52. The number of hydrogen-bond acceptors (Lipinski definition) is 10. The molecule has 12 nitrogen and oxygen atoms in total. The van der Waals surface area contributed by atoms with Gasteiger partial charge in [0.2, 0.25) is 11.7 Å². The number of rotatable bonds is 8. The van der Waals surface area contributed by atoms with Crippen LogP contribution in [0.2, 0.25) is 0 Å². The van der Waals surface area contributed by atoms with E-state index < -0.39 is 0 Å². The van der Waals surface area contributed by atoms with E-state index in [9.17, 15) is 9.59 Å². The summed E-state index contributed by atoms with van der Waals surface area (Å²) in [6.07, 6.45) is 3.61. The molecule has 1 saturated heterocycles. The monoisotopic (exact) mass is 517 g/mol. The lowest BCUT2D eigenvalue weighted by atomic mass is 10.2. The van der Waals surface area contributed by atoms with Gasteiger partial charge >= 0.3 is 0 Å². The van der Waals surface area contributed by atoms with Crippen LogP contribution in [0.3, 0.4) is 0 Å². The number of hydrogen-bond donors (Lipinski definition) is 1. The second kappa shape index (κ2) is 11.3. The van der Waals surface area contributed by atoms with Gasteiger partial charge in [0, 0.05) is 49.9 Å². The summed E-state index contributed by atoms with van der Waals surface area (Å²) in [6, 6.07) is 11.0. The van der Waals surface area contributed by atoms with Crippen molar-refractivity contribution in [1.29, 1.82) is 0 Å². The Hall–Kier alpha value is -4.42. The van der Waals surface area contributed by atoms with Crippen molar-refractivity contribution >= 4 is 33.8 Å². The molecule has 1 amide bonds. The van der Waals surface area contributed by atoms with Gasteiger partial charge in [-0.2, -0.15) is 4.52 Å². The van der Waals surface area contributed by atoms with Gasteiger partial charge < -0.3 is 24.8 Å². The van der Waals surface area contributed by atoms with Crippen molar-refractivity contribution in [3.63, 3.8) is 0 Å².